The number of hydrogen-bond acceptors (Lipinski definition) is 4. The molecule has 1 heterocycles. The van der Waals surface area contributed by atoms with Crippen LogP contribution in [0.15, 0.2) is 30.3 Å². The summed E-state index contributed by atoms with van der Waals surface area (Å²) in [5.41, 5.74) is 0.758. The SMILES string of the molecule is CCCCC1(C)CNC(Cc2ccccc2)C(=O)N1CC(=O)OCC. The predicted octanol–water partition coefficient (Wildman–Crippen LogP) is 2.54. The number of nitrogens with one attached hydrogen (secondary N) is 1. The largest absolute Gasteiger partial charge is 0.465 e. The first-order valence-electron chi connectivity index (χ1n) is 9.24. The molecule has 25 heavy (non-hydrogen) atoms. The number of piperazine rings is 1. The second-order valence-corrected chi connectivity index (χ2v) is 6.95. The third-order valence-corrected chi connectivity index (χ3v) is 4.89. The fourth-order valence-electron chi connectivity index (χ4n) is 3.37. The summed E-state index contributed by atoms with van der Waals surface area (Å²) in [5, 5.41) is 3.41. The molecule has 2 unspecified atom stereocenters. The summed E-state index contributed by atoms with van der Waals surface area (Å²) in [6, 6.07) is 9.67. The van der Waals surface area contributed by atoms with Crippen molar-refractivity contribution in [3.05, 3.63) is 35.9 Å². The fraction of sp³-hybridized carbons (Fsp3) is 0.600. The van der Waals surface area contributed by atoms with Crippen molar-refractivity contribution in [3.8, 4) is 0 Å². The van der Waals surface area contributed by atoms with Crippen LogP contribution in [0.1, 0.15) is 45.6 Å². The molecule has 138 valence electrons. The lowest BCUT2D eigenvalue weighted by molar-refractivity contribution is -0.156. The van der Waals surface area contributed by atoms with Gasteiger partial charge in [-0.1, -0.05) is 50.1 Å². The van der Waals surface area contributed by atoms with Gasteiger partial charge < -0.3 is 15.0 Å². The number of rotatable bonds is 8. The second kappa shape index (κ2) is 8.99. The van der Waals surface area contributed by atoms with Gasteiger partial charge in [-0.2, -0.15) is 0 Å². The van der Waals surface area contributed by atoms with E-state index in [9.17, 15) is 9.59 Å². The molecule has 2 rings (SSSR count). The standard InChI is InChI=1S/C20H30N2O3/c1-4-6-12-20(3)15-21-17(13-16-10-8-7-9-11-16)19(24)22(20)14-18(23)25-5-2/h7-11,17,21H,4-6,12-15H2,1-3H3. The molecular weight excluding hydrogens is 316 g/mol. The molecule has 0 spiro atoms. The zero-order chi connectivity index (χ0) is 18.3. The lowest BCUT2D eigenvalue weighted by Crippen LogP contribution is -2.67. The summed E-state index contributed by atoms with van der Waals surface area (Å²) in [6.45, 7) is 7.03. The van der Waals surface area contributed by atoms with Crippen molar-refractivity contribution in [1.29, 1.82) is 0 Å². The molecule has 1 N–H and O–H groups in total. The van der Waals surface area contributed by atoms with Crippen LogP contribution in [-0.4, -0.2) is 48.1 Å². The van der Waals surface area contributed by atoms with E-state index in [4.69, 9.17) is 4.74 Å². The van der Waals surface area contributed by atoms with Crippen LogP contribution in [0.4, 0.5) is 0 Å². The van der Waals surface area contributed by atoms with Crippen LogP contribution in [-0.2, 0) is 20.7 Å². The molecule has 5 heteroatoms. The number of esters is 1. The van der Waals surface area contributed by atoms with Crippen LogP contribution >= 0.6 is 0 Å². The molecule has 1 aliphatic heterocycles. The minimum Gasteiger partial charge on any atom is -0.465 e. The third kappa shape index (κ3) is 5.05. The summed E-state index contributed by atoms with van der Waals surface area (Å²) in [4.78, 5) is 26.9. The Bertz CT molecular complexity index is 576. The van der Waals surface area contributed by atoms with Crippen molar-refractivity contribution in [2.75, 3.05) is 19.7 Å². The number of hydrogen-bond donors (Lipinski definition) is 1. The molecule has 0 aromatic heterocycles. The first-order chi connectivity index (χ1) is 12.0. The Balaban J connectivity index is 2.15. The summed E-state index contributed by atoms with van der Waals surface area (Å²) < 4.78 is 5.09. The van der Waals surface area contributed by atoms with Crippen molar-refractivity contribution in [2.24, 2.45) is 0 Å². The number of carbonyl (C=O) groups excluding carboxylic acids is 2. The Kier molecular flexibility index (Phi) is 7.00. The summed E-state index contributed by atoms with van der Waals surface area (Å²) >= 11 is 0. The Morgan fingerprint density at radius 3 is 2.68 bits per heavy atom. The third-order valence-electron chi connectivity index (χ3n) is 4.89. The van der Waals surface area contributed by atoms with Crippen molar-refractivity contribution >= 4 is 11.9 Å². The monoisotopic (exact) mass is 346 g/mol. The average molecular weight is 346 g/mol. The minimum atomic E-state index is -0.354. The highest BCUT2D eigenvalue weighted by molar-refractivity contribution is 5.87. The normalized spacial score (nSPS) is 23.6. The number of ether oxygens (including phenoxy) is 1. The van der Waals surface area contributed by atoms with Crippen LogP contribution in [0, 0.1) is 0 Å². The van der Waals surface area contributed by atoms with E-state index in [1.54, 1.807) is 11.8 Å². The number of benzene rings is 1. The van der Waals surface area contributed by atoms with Crippen LogP contribution in [0.5, 0.6) is 0 Å². The average Bonchev–Trinajstić information content (AvgIpc) is 2.61. The Morgan fingerprint density at radius 1 is 1.32 bits per heavy atom. The molecule has 0 aliphatic carbocycles. The van der Waals surface area contributed by atoms with Gasteiger partial charge >= 0.3 is 5.97 Å². The maximum Gasteiger partial charge on any atom is 0.325 e. The molecule has 1 aromatic rings. The van der Waals surface area contributed by atoms with Gasteiger partial charge in [-0.05, 0) is 32.3 Å². The fourth-order valence-corrected chi connectivity index (χ4v) is 3.37. The van der Waals surface area contributed by atoms with E-state index in [1.165, 1.54) is 0 Å². The van der Waals surface area contributed by atoms with Gasteiger partial charge in [0.25, 0.3) is 0 Å². The van der Waals surface area contributed by atoms with Crippen LogP contribution in [0.2, 0.25) is 0 Å². The van der Waals surface area contributed by atoms with Gasteiger partial charge in [0.05, 0.1) is 18.2 Å². The summed E-state index contributed by atoms with van der Waals surface area (Å²) in [7, 11) is 0. The van der Waals surface area contributed by atoms with Crippen LogP contribution < -0.4 is 5.32 Å². The molecule has 0 bridgehead atoms. The molecule has 0 radical (unpaired) electrons. The first kappa shape index (κ1) is 19.4. The lowest BCUT2D eigenvalue weighted by atomic mass is 9.87. The van der Waals surface area contributed by atoms with Crippen LogP contribution in [0.25, 0.3) is 0 Å². The molecule has 1 aromatic carbocycles. The summed E-state index contributed by atoms with van der Waals surface area (Å²) in [6.07, 6.45) is 3.58. The van der Waals surface area contributed by atoms with E-state index >= 15 is 0 Å². The van der Waals surface area contributed by atoms with Crippen molar-refractivity contribution < 1.29 is 14.3 Å². The number of carbonyl (C=O) groups is 2. The van der Waals surface area contributed by atoms with Gasteiger partial charge in [-0.15, -0.1) is 0 Å². The van der Waals surface area contributed by atoms with E-state index in [0.717, 1.165) is 24.8 Å². The van der Waals surface area contributed by atoms with Gasteiger partial charge in [0, 0.05) is 6.54 Å². The Morgan fingerprint density at radius 2 is 2.04 bits per heavy atom. The smallest absolute Gasteiger partial charge is 0.325 e. The minimum absolute atomic E-state index is 0.0123. The van der Waals surface area contributed by atoms with Crippen LogP contribution in [0.3, 0.4) is 0 Å². The van der Waals surface area contributed by atoms with Crippen molar-refractivity contribution in [3.63, 3.8) is 0 Å². The predicted molar refractivity (Wildman–Crippen MR) is 98.2 cm³/mol. The Hall–Kier alpha value is -1.88. The Labute approximate surface area is 150 Å². The molecular formula is C20H30N2O3. The molecule has 1 amide bonds. The maximum absolute atomic E-state index is 13.1. The molecule has 1 saturated heterocycles. The van der Waals surface area contributed by atoms with Crippen molar-refractivity contribution in [1.82, 2.24) is 10.2 Å². The molecule has 2 atom stereocenters. The first-order valence-corrected chi connectivity index (χ1v) is 9.24. The highest BCUT2D eigenvalue weighted by Crippen LogP contribution is 2.27. The zero-order valence-corrected chi connectivity index (χ0v) is 15.6. The van der Waals surface area contributed by atoms with E-state index < -0.39 is 0 Å². The van der Waals surface area contributed by atoms with Gasteiger partial charge in [-0.3, -0.25) is 9.59 Å². The van der Waals surface area contributed by atoms with Gasteiger partial charge in [0.1, 0.15) is 6.54 Å². The van der Waals surface area contributed by atoms with Gasteiger partial charge in [0.15, 0.2) is 0 Å². The number of nitrogens with zero attached hydrogens (tertiary/aromatic N) is 1. The molecule has 1 fully saturated rings. The lowest BCUT2D eigenvalue weighted by Gasteiger charge is -2.47. The maximum atomic E-state index is 13.1. The van der Waals surface area contributed by atoms with E-state index in [-0.39, 0.29) is 30.0 Å². The number of amides is 1. The van der Waals surface area contributed by atoms with Gasteiger partial charge in [0.2, 0.25) is 5.91 Å². The van der Waals surface area contributed by atoms with Gasteiger partial charge in [-0.25, -0.2) is 0 Å². The molecule has 5 nitrogen and oxygen atoms in total. The molecule has 1 aliphatic rings. The topological polar surface area (TPSA) is 58.6 Å². The number of unbranched alkanes of at least 4 members (excludes halogenated alkanes) is 1. The second-order valence-electron chi connectivity index (χ2n) is 6.95. The highest BCUT2D eigenvalue weighted by Gasteiger charge is 2.43. The van der Waals surface area contributed by atoms with E-state index in [1.807, 2.05) is 30.3 Å². The highest BCUT2D eigenvalue weighted by atomic mass is 16.5. The zero-order valence-electron chi connectivity index (χ0n) is 15.6. The summed E-state index contributed by atoms with van der Waals surface area (Å²) in [5.74, 6) is -0.347. The van der Waals surface area contributed by atoms with Crippen molar-refractivity contribution in [2.45, 2.75) is 58.0 Å². The van der Waals surface area contributed by atoms with E-state index in [2.05, 4.69) is 19.2 Å². The van der Waals surface area contributed by atoms with E-state index in [0.29, 0.717) is 19.6 Å². The quantitative estimate of drug-likeness (QED) is 0.735. The molecule has 0 saturated carbocycles.